The van der Waals surface area contributed by atoms with Gasteiger partial charge in [0.05, 0.1) is 18.8 Å². The van der Waals surface area contributed by atoms with Crippen molar-refractivity contribution in [3.05, 3.63) is 22.7 Å². The zero-order valence-corrected chi connectivity index (χ0v) is 10.2. The Morgan fingerprint density at radius 1 is 1.78 bits per heavy atom. The summed E-state index contributed by atoms with van der Waals surface area (Å²) in [5.41, 5.74) is 2.71. The molecule has 1 aliphatic heterocycles. The molecule has 0 bridgehead atoms. The van der Waals surface area contributed by atoms with Crippen LogP contribution in [0.15, 0.2) is 17.1 Å². The van der Waals surface area contributed by atoms with Gasteiger partial charge in [-0.15, -0.1) is 0 Å². The van der Waals surface area contributed by atoms with Gasteiger partial charge in [0.1, 0.15) is 11.9 Å². The molecule has 0 radical (unpaired) electrons. The molecule has 2 heterocycles. The second kappa shape index (κ2) is 4.33. The second-order valence-electron chi connectivity index (χ2n) is 4.61. The van der Waals surface area contributed by atoms with Crippen LogP contribution < -0.4 is 11.4 Å². The summed E-state index contributed by atoms with van der Waals surface area (Å²) < 4.78 is 20.9. The number of aliphatic hydroxyl groups excluding tert-OH is 1. The maximum Gasteiger partial charge on any atom is 0.349 e. The van der Waals surface area contributed by atoms with Crippen molar-refractivity contribution >= 4 is 5.82 Å². The van der Waals surface area contributed by atoms with Crippen molar-refractivity contribution in [1.29, 1.82) is 0 Å². The lowest BCUT2D eigenvalue weighted by Gasteiger charge is -2.30. The van der Waals surface area contributed by atoms with E-state index in [1.807, 2.05) is 0 Å². The monoisotopic (exact) mass is 257 g/mol. The molecule has 6 nitrogen and oxygen atoms in total. The summed E-state index contributed by atoms with van der Waals surface area (Å²) in [6, 6.07) is 0.519. The zero-order valence-electron chi connectivity index (χ0n) is 10.2. The summed E-state index contributed by atoms with van der Waals surface area (Å²) in [4.78, 5) is 15.2. The van der Waals surface area contributed by atoms with E-state index in [2.05, 4.69) is 4.98 Å². The third-order valence-corrected chi connectivity index (χ3v) is 3.47. The third-order valence-electron chi connectivity index (χ3n) is 3.47. The van der Waals surface area contributed by atoms with Gasteiger partial charge >= 0.3 is 5.69 Å². The number of anilines is 1. The van der Waals surface area contributed by atoms with Crippen LogP contribution in [-0.2, 0) is 4.74 Å². The molecule has 100 valence electrons. The fraction of sp³-hybridized carbons (Fsp3) is 0.636. The Morgan fingerprint density at radius 3 is 2.94 bits per heavy atom. The van der Waals surface area contributed by atoms with E-state index in [0.717, 1.165) is 4.57 Å². The fourth-order valence-electron chi connectivity index (χ4n) is 2.15. The molecule has 3 unspecified atom stereocenters. The highest BCUT2D eigenvalue weighted by Gasteiger charge is 2.52. The highest BCUT2D eigenvalue weighted by Crippen LogP contribution is 2.37. The van der Waals surface area contributed by atoms with Crippen molar-refractivity contribution in [2.75, 3.05) is 12.3 Å². The largest absolute Gasteiger partial charge is 0.387 e. The van der Waals surface area contributed by atoms with E-state index in [9.17, 15) is 14.3 Å². The molecule has 4 atom stereocenters. The van der Waals surface area contributed by atoms with Crippen LogP contribution in [-0.4, -0.2) is 39.1 Å². The molecule has 1 fully saturated rings. The number of nitrogens with zero attached hydrogens (tertiary/aromatic N) is 2. The quantitative estimate of drug-likeness (QED) is 0.770. The maximum atomic E-state index is 14.7. The van der Waals surface area contributed by atoms with E-state index in [1.54, 1.807) is 6.92 Å². The van der Waals surface area contributed by atoms with Crippen molar-refractivity contribution in [3.8, 4) is 0 Å². The first-order valence-electron chi connectivity index (χ1n) is 5.69. The SMILES string of the molecule is CC1OCC(F)([C@@H](C)n2ccc(N)nc2=O)C1O. The molecule has 0 saturated carbocycles. The first-order chi connectivity index (χ1) is 8.36. The topological polar surface area (TPSA) is 90.4 Å². The first kappa shape index (κ1) is 13.0. The summed E-state index contributed by atoms with van der Waals surface area (Å²) >= 11 is 0. The Kier molecular flexibility index (Phi) is 3.12. The predicted molar refractivity (Wildman–Crippen MR) is 62.9 cm³/mol. The van der Waals surface area contributed by atoms with Crippen LogP contribution in [0.2, 0.25) is 0 Å². The molecule has 0 aliphatic carbocycles. The first-order valence-corrected chi connectivity index (χ1v) is 5.69. The normalized spacial score (nSPS) is 33.6. The van der Waals surface area contributed by atoms with Crippen molar-refractivity contribution in [3.63, 3.8) is 0 Å². The average Bonchev–Trinajstić information content (AvgIpc) is 2.58. The maximum absolute atomic E-state index is 14.7. The lowest BCUT2D eigenvalue weighted by molar-refractivity contribution is -0.0156. The van der Waals surface area contributed by atoms with Crippen molar-refractivity contribution < 1.29 is 14.2 Å². The Labute approximate surface area is 103 Å². The van der Waals surface area contributed by atoms with Gasteiger partial charge in [-0.1, -0.05) is 0 Å². The van der Waals surface area contributed by atoms with Gasteiger partial charge in [-0.05, 0) is 19.9 Å². The van der Waals surface area contributed by atoms with Crippen molar-refractivity contribution in [1.82, 2.24) is 9.55 Å². The average molecular weight is 257 g/mol. The Bertz CT molecular complexity index is 507. The van der Waals surface area contributed by atoms with E-state index < -0.39 is 29.6 Å². The van der Waals surface area contributed by atoms with Gasteiger partial charge in [0, 0.05) is 6.20 Å². The van der Waals surface area contributed by atoms with Crippen LogP contribution in [0, 0.1) is 0 Å². The number of hydrogen-bond donors (Lipinski definition) is 2. The van der Waals surface area contributed by atoms with Crippen LogP contribution in [0.25, 0.3) is 0 Å². The van der Waals surface area contributed by atoms with Crippen LogP contribution >= 0.6 is 0 Å². The summed E-state index contributed by atoms with van der Waals surface area (Å²) in [7, 11) is 0. The smallest absolute Gasteiger partial charge is 0.349 e. The molecule has 18 heavy (non-hydrogen) atoms. The van der Waals surface area contributed by atoms with Gasteiger partial charge in [0.2, 0.25) is 0 Å². The summed E-state index contributed by atoms with van der Waals surface area (Å²) in [5, 5.41) is 9.83. The van der Waals surface area contributed by atoms with E-state index >= 15 is 0 Å². The highest BCUT2D eigenvalue weighted by atomic mass is 19.1. The molecule has 1 aromatic heterocycles. The predicted octanol–water partition coefficient (Wildman–Crippen LogP) is -0.126. The molecule has 1 aromatic rings. The number of ether oxygens (including phenoxy) is 1. The molecule has 3 N–H and O–H groups in total. The standard InChI is InChI=1S/C11H16FN3O3/c1-6-9(16)11(12,5-18-6)7(2)15-4-3-8(13)14-10(15)17/h3-4,6-7,9,16H,5H2,1-2H3,(H2,13,14,17)/t6?,7-,9?,11?/m1/s1. The Hall–Kier alpha value is -1.47. The molecule has 1 saturated heterocycles. The highest BCUT2D eigenvalue weighted by molar-refractivity contribution is 5.24. The van der Waals surface area contributed by atoms with E-state index in [0.29, 0.717) is 0 Å². The summed E-state index contributed by atoms with van der Waals surface area (Å²) in [6.07, 6.45) is -0.515. The summed E-state index contributed by atoms with van der Waals surface area (Å²) in [6.45, 7) is 2.83. The van der Waals surface area contributed by atoms with Gasteiger partial charge in [-0.2, -0.15) is 4.98 Å². The minimum Gasteiger partial charge on any atom is -0.387 e. The summed E-state index contributed by atoms with van der Waals surface area (Å²) in [5.74, 6) is 0.0768. The molecule has 2 rings (SSSR count). The van der Waals surface area contributed by atoms with Crippen LogP contribution in [0.5, 0.6) is 0 Å². The number of aliphatic hydroxyl groups is 1. The number of halogens is 1. The molecule has 0 spiro atoms. The lowest BCUT2D eigenvalue weighted by atomic mass is 9.91. The molecule has 7 heteroatoms. The molecule has 1 aliphatic rings. The van der Waals surface area contributed by atoms with Crippen molar-refractivity contribution in [2.45, 2.75) is 37.8 Å². The van der Waals surface area contributed by atoms with Crippen molar-refractivity contribution in [2.24, 2.45) is 0 Å². The minimum atomic E-state index is -2.01. The van der Waals surface area contributed by atoms with Gasteiger partial charge < -0.3 is 15.6 Å². The number of rotatable bonds is 2. The van der Waals surface area contributed by atoms with Crippen LogP contribution in [0.1, 0.15) is 19.9 Å². The number of aromatic nitrogens is 2. The number of hydrogen-bond acceptors (Lipinski definition) is 5. The van der Waals surface area contributed by atoms with Gasteiger partial charge in [-0.25, -0.2) is 9.18 Å². The van der Waals surface area contributed by atoms with E-state index in [4.69, 9.17) is 10.5 Å². The number of nitrogens with two attached hydrogens (primary N) is 1. The van der Waals surface area contributed by atoms with E-state index in [1.165, 1.54) is 19.2 Å². The fourth-order valence-corrected chi connectivity index (χ4v) is 2.15. The van der Waals surface area contributed by atoms with Gasteiger partial charge in [0.15, 0.2) is 5.67 Å². The van der Waals surface area contributed by atoms with Crippen LogP contribution in [0.3, 0.4) is 0 Å². The zero-order chi connectivity index (χ0) is 13.5. The van der Waals surface area contributed by atoms with Gasteiger partial charge in [-0.3, -0.25) is 4.57 Å². The number of nitrogen functional groups attached to an aromatic ring is 1. The molecule has 0 aromatic carbocycles. The van der Waals surface area contributed by atoms with E-state index in [-0.39, 0.29) is 12.4 Å². The second-order valence-corrected chi connectivity index (χ2v) is 4.61. The van der Waals surface area contributed by atoms with Gasteiger partial charge in [0.25, 0.3) is 0 Å². The molecule has 0 amide bonds. The Morgan fingerprint density at radius 2 is 2.44 bits per heavy atom. The third kappa shape index (κ3) is 1.89. The molecular weight excluding hydrogens is 241 g/mol. The van der Waals surface area contributed by atoms with Crippen LogP contribution in [0.4, 0.5) is 10.2 Å². The molecular formula is C11H16FN3O3. The Balaban J connectivity index is 2.37. The minimum absolute atomic E-state index is 0.0768. The lowest BCUT2D eigenvalue weighted by Crippen LogP contribution is -2.48. The number of alkyl halides is 1.